The van der Waals surface area contributed by atoms with Gasteiger partial charge in [-0.3, -0.25) is 9.78 Å². The molecule has 0 unspecified atom stereocenters. The molecule has 3 rings (SSSR count). The first-order valence-electron chi connectivity index (χ1n) is 8.74. The molecular formula is C22H23N3O. The number of anilines is 2. The van der Waals surface area contributed by atoms with Crippen molar-refractivity contribution >= 4 is 17.3 Å². The van der Waals surface area contributed by atoms with E-state index in [1.807, 2.05) is 30.3 Å². The van der Waals surface area contributed by atoms with Crippen LogP contribution in [0.1, 0.15) is 27.2 Å². The smallest absolute Gasteiger partial charge is 0.269 e. The van der Waals surface area contributed by atoms with E-state index in [9.17, 15) is 4.79 Å². The molecule has 0 atom stereocenters. The average Bonchev–Trinajstić information content (AvgIpc) is 2.65. The van der Waals surface area contributed by atoms with Gasteiger partial charge in [0.05, 0.1) is 0 Å². The van der Waals surface area contributed by atoms with Crippen molar-refractivity contribution in [1.29, 1.82) is 0 Å². The van der Waals surface area contributed by atoms with E-state index in [2.05, 4.69) is 53.7 Å². The zero-order valence-electron chi connectivity index (χ0n) is 15.1. The maximum absolute atomic E-state index is 12.3. The number of nitrogens with zero attached hydrogens (tertiary/aromatic N) is 1. The lowest BCUT2D eigenvalue weighted by Gasteiger charge is -2.11. The predicted molar refractivity (Wildman–Crippen MR) is 106 cm³/mol. The monoisotopic (exact) mass is 345 g/mol. The number of rotatable bonds is 6. The van der Waals surface area contributed by atoms with E-state index >= 15 is 0 Å². The highest BCUT2D eigenvalue weighted by atomic mass is 16.1. The quantitative estimate of drug-likeness (QED) is 0.695. The van der Waals surface area contributed by atoms with Crippen molar-refractivity contribution in [3.8, 4) is 0 Å². The van der Waals surface area contributed by atoms with Gasteiger partial charge in [-0.1, -0.05) is 48.0 Å². The molecule has 26 heavy (non-hydrogen) atoms. The molecule has 4 nitrogen and oxygen atoms in total. The van der Waals surface area contributed by atoms with E-state index < -0.39 is 0 Å². The van der Waals surface area contributed by atoms with E-state index in [0.29, 0.717) is 12.2 Å². The van der Waals surface area contributed by atoms with Gasteiger partial charge in [-0.25, -0.2) is 0 Å². The Labute approximate surface area is 154 Å². The summed E-state index contributed by atoms with van der Waals surface area (Å²) in [7, 11) is 0. The number of hydrogen-bond acceptors (Lipinski definition) is 3. The summed E-state index contributed by atoms with van der Waals surface area (Å²) in [6, 6.07) is 20.0. The minimum absolute atomic E-state index is 0.162. The van der Waals surface area contributed by atoms with Gasteiger partial charge in [-0.2, -0.15) is 0 Å². The van der Waals surface area contributed by atoms with Crippen molar-refractivity contribution in [3.63, 3.8) is 0 Å². The van der Waals surface area contributed by atoms with Crippen LogP contribution in [0.2, 0.25) is 0 Å². The third kappa shape index (κ3) is 4.70. The van der Waals surface area contributed by atoms with Crippen LogP contribution in [-0.2, 0) is 6.42 Å². The van der Waals surface area contributed by atoms with Crippen LogP contribution >= 0.6 is 0 Å². The van der Waals surface area contributed by atoms with Gasteiger partial charge >= 0.3 is 0 Å². The Morgan fingerprint density at radius 3 is 2.58 bits per heavy atom. The number of hydrogen-bond donors (Lipinski definition) is 2. The summed E-state index contributed by atoms with van der Waals surface area (Å²) in [5.74, 6) is -0.162. The van der Waals surface area contributed by atoms with E-state index in [0.717, 1.165) is 23.4 Å². The molecule has 0 spiro atoms. The van der Waals surface area contributed by atoms with Gasteiger partial charge in [0.2, 0.25) is 0 Å². The molecule has 0 radical (unpaired) electrons. The summed E-state index contributed by atoms with van der Waals surface area (Å²) < 4.78 is 0. The first kappa shape index (κ1) is 17.7. The van der Waals surface area contributed by atoms with Gasteiger partial charge in [0.25, 0.3) is 5.91 Å². The van der Waals surface area contributed by atoms with Crippen molar-refractivity contribution in [2.24, 2.45) is 0 Å². The van der Waals surface area contributed by atoms with Gasteiger partial charge in [0.1, 0.15) is 5.69 Å². The molecule has 0 saturated heterocycles. The second-order valence-electron chi connectivity index (χ2n) is 6.36. The lowest BCUT2D eigenvalue weighted by Crippen LogP contribution is -2.26. The summed E-state index contributed by atoms with van der Waals surface area (Å²) in [6.07, 6.45) is 2.45. The van der Waals surface area contributed by atoms with Crippen LogP contribution in [0.25, 0.3) is 0 Å². The number of amides is 1. The fourth-order valence-corrected chi connectivity index (χ4v) is 2.80. The largest absolute Gasteiger partial charge is 0.355 e. The van der Waals surface area contributed by atoms with E-state index in [1.54, 1.807) is 12.3 Å². The van der Waals surface area contributed by atoms with Crippen molar-refractivity contribution in [2.75, 3.05) is 11.9 Å². The standard InChI is InChI=1S/C22H23N3O/c1-16-8-9-20(17(2)14-16)25-19-11-13-23-21(15-19)22(26)24-12-10-18-6-4-3-5-7-18/h3-9,11,13-15H,10,12H2,1-2H3,(H,23,25)(H,24,26). The predicted octanol–water partition coefficient (Wildman–Crippen LogP) is 4.41. The van der Waals surface area contributed by atoms with Crippen LogP contribution in [-0.4, -0.2) is 17.4 Å². The minimum Gasteiger partial charge on any atom is -0.355 e. The SMILES string of the molecule is Cc1ccc(Nc2ccnc(C(=O)NCCc3ccccc3)c2)c(C)c1. The summed E-state index contributed by atoms with van der Waals surface area (Å²) in [6.45, 7) is 4.72. The Morgan fingerprint density at radius 1 is 1.00 bits per heavy atom. The lowest BCUT2D eigenvalue weighted by atomic mass is 10.1. The Hall–Kier alpha value is -3.14. The molecule has 0 aliphatic carbocycles. The second-order valence-corrected chi connectivity index (χ2v) is 6.36. The van der Waals surface area contributed by atoms with Crippen molar-refractivity contribution < 1.29 is 4.79 Å². The summed E-state index contributed by atoms with van der Waals surface area (Å²) in [4.78, 5) is 16.5. The number of benzene rings is 2. The summed E-state index contributed by atoms with van der Waals surface area (Å²) >= 11 is 0. The molecule has 3 aromatic rings. The van der Waals surface area contributed by atoms with Gasteiger partial charge in [0, 0.05) is 24.1 Å². The van der Waals surface area contributed by atoms with Gasteiger partial charge in [-0.15, -0.1) is 0 Å². The van der Waals surface area contributed by atoms with Crippen molar-refractivity contribution in [3.05, 3.63) is 89.2 Å². The minimum atomic E-state index is -0.162. The number of aromatic nitrogens is 1. The average molecular weight is 345 g/mol. The third-order valence-corrected chi connectivity index (χ3v) is 4.20. The fraction of sp³-hybridized carbons (Fsp3) is 0.182. The zero-order valence-corrected chi connectivity index (χ0v) is 15.1. The zero-order chi connectivity index (χ0) is 18.4. The third-order valence-electron chi connectivity index (χ3n) is 4.20. The van der Waals surface area contributed by atoms with Crippen molar-refractivity contribution in [1.82, 2.24) is 10.3 Å². The lowest BCUT2D eigenvalue weighted by molar-refractivity contribution is 0.0949. The first-order valence-corrected chi connectivity index (χ1v) is 8.74. The van der Waals surface area contributed by atoms with E-state index in [1.165, 1.54) is 11.1 Å². The molecule has 0 aliphatic rings. The highest BCUT2D eigenvalue weighted by molar-refractivity contribution is 5.93. The van der Waals surface area contributed by atoms with Gasteiger partial charge in [0.15, 0.2) is 0 Å². The normalized spacial score (nSPS) is 10.4. The Morgan fingerprint density at radius 2 is 1.81 bits per heavy atom. The molecule has 0 saturated carbocycles. The molecule has 4 heteroatoms. The van der Waals surface area contributed by atoms with Crippen LogP contribution < -0.4 is 10.6 Å². The van der Waals surface area contributed by atoms with Crippen LogP contribution in [0.4, 0.5) is 11.4 Å². The second kappa shape index (κ2) is 8.30. The molecular weight excluding hydrogens is 322 g/mol. The molecule has 1 amide bonds. The molecule has 1 heterocycles. The highest BCUT2D eigenvalue weighted by Crippen LogP contribution is 2.21. The molecule has 0 bridgehead atoms. The van der Waals surface area contributed by atoms with Crippen LogP contribution in [0.5, 0.6) is 0 Å². The molecule has 0 fully saturated rings. The van der Waals surface area contributed by atoms with Gasteiger partial charge < -0.3 is 10.6 Å². The number of aryl methyl sites for hydroxylation is 2. The number of nitrogens with one attached hydrogen (secondary N) is 2. The Bertz CT molecular complexity index is 891. The molecule has 1 aromatic heterocycles. The molecule has 132 valence electrons. The first-order chi connectivity index (χ1) is 12.6. The van der Waals surface area contributed by atoms with Crippen LogP contribution in [0.15, 0.2) is 66.9 Å². The fourth-order valence-electron chi connectivity index (χ4n) is 2.80. The van der Waals surface area contributed by atoms with Gasteiger partial charge in [-0.05, 0) is 49.6 Å². The Balaban J connectivity index is 1.62. The highest BCUT2D eigenvalue weighted by Gasteiger charge is 2.08. The maximum Gasteiger partial charge on any atom is 0.269 e. The molecule has 0 aliphatic heterocycles. The molecule has 2 aromatic carbocycles. The number of pyridine rings is 1. The van der Waals surface area contributed by atoms with Crippen LogP contribution in [0.3, 0.4) is 0 Å². The van der Waals surface area contributed by atoms with E-state index in [4.69, 9.17) is 0 Å². The van der Waals surface area contributed by atoms with E-state index in [-0.39, 0.29) is 5.91 Å². The maximum atomic E-state index is 12.3. The van der Waals surface area contributed by atoms with Crippen LogP contribution in [0, 0.1) is 13.8 Å². The Kier molecular flexibility index (Phi) is 5.64. The number of carbonyl (C=O) groups excluding carboxylic acids is 1. The number of carbonyl (C=O) groups is 1. The topological polar surface area (TPSA) is 54.0 Å². The van der Waals surface area contributed by atoms with Crippen molar-refractivity contribution in [2.45, 2.75) is 20.3 Å². The summed E-state index contributed by atoms with van der Waals surface area (Å²) in [5, 5.41) is 6.28. The summed E-state index contributed by atoms with van der Waals surface area (Å²) in [5.41, 5.74) is 5.87. The molecule has 2 N–H and O–H groups in total.